The number of hydrogen-bond acceptors (Lipinski definition) is 4. The van der Waals surface area contributed by atoms with Crippen LogP contribution in [0.2, 0.25) is 0 Å². The van der Waals surface area contributed by atoms with Crippen LogP contribution in [0.1, 0.15) is 33.3 Å². The highest BCUT2D eigenvalue weighted by Gasteiger charge is 2.08. The number of hydrogen-bond donors (Lipinski definition) is 2. The summed E-state index contributed by atoms with van der Waals surface area (Å²) in [7, 11) is 0. The molecule has 0 fully saturated rings. The van der Waals surface area contributed by atoms with Crippen molar-refractivity contribution in [1.29, 1.82) is 0 Å². The van der Waals surface area contributed by atoms with E-state index in [9.17, 15) is 4.79 Å². The van der Waals surface area contributed by atoms with Gasteiger partial charge in [0.05, 0.1) is 12.7 Å². The summed E-state index contributed by atoms with van der Waals surface area (Å²) in [5, 5.41) is 6.11. The molecule has 5 nitrogen and oxygen atoms in total. The second-order valence-electron chi connectivity index (χ2n) is 5.99. The lowest BCUT2D eigenvalue weighted by molar-refractivity contribution is -0.114. The lowest BCUT2D eigenvalue weighted by atomic mass is 10.2. The number of carbonyl (C=O) groups excluding carboxylic acids is 1. The van der Waals surface area contributed by atoms with Crippen molar-refractivity contribution in [2.45, 2.75) is 40.3 Å². The van der Waals surface area contributed by atoms with Gasteiger partial charge >= 0.3 is 0 Å². The van der Waals surface area contributed by atoms with Crippen LogP contribution in [0.25, 0.3) is 0 Å². The average molecular weight is 342 g/mol. The fraction of sp³-hybridized carbons (Fsp3) is 0.350. The number of nitrogens with one attached hydrogen (secondary N) is 2. The van der Waals surface area contributed by atoms with E-state index in [1.54, 1.807) is 0 Å². The van der Waals surface area contributed by atoms with Gasteiger partial charge in [0, 0.05) is 24.8 Å². The van der Waals surface area contributed by atoms with E-state index < -0.39 is 0 Å². The van der Waals surface area contributed by atoms with E-state index in [0.717, 1.165) is 28.4 Å². The number of rotatable bonds is 8. The minimum atomic E-state index is -0.0760. The number of amides is 1. The third-order valence-electron chi connectivity index (χ3n) is 3.37. The molecular formula is C20H26N2O3. The number of ether oxygens (including phenoxy) is 2. The smallest absolute Gasteiger partial charge is 0.221 e. The summed E-state index contributed by atoms with van der Waals surface area (Å²) >= 11 is 0. The molecule has 0 bridgehead atoms. The number of benzene rings is 2. The summed E-state index contributed by atoms with van der Waals surface area (Å²) in [6.07, 6.45) is 0.102. The van der Waals surface area contributed by atoms with Gasteiger partial charge in [-0.15, -0.1) is 0 Å². The van der Waals surface area contributed by atoms with Crippen LogP contribution in [-0.4, -0.2) is 18.6 Å². The minimum Gasteiger partial charge on any atom is -0.490 e. The van der Waals surface area contributed by atoms with Gasteiger partial charge < -0.3 is 20.1 Å². The van der Waals surface area contributed by atoms with Crippen molar-refractivity contribution in [3.8, 4) is 11.5 Å². The zero-order valence-corrected chi connectivity index (χ0v) is 15.3. The maximum absolute atomic E-state index is 11.0. The molecule has 0 unspecified atom stereocenters. The maximum atomic E-state index is 11.0. The molecule has 25 heavy (non-hydrogen) atoms. The van der Waals surface area contributed by atoms with Crippen LogP contribution in [0.15, 0.2) is 42.5 Å². The second-order valence-corrected chi connectivity index (χ2v) is 5.99. The highest BCUT2D eigenvalue weighted by Crippen LogP contribution is 2.29. The molecule has 0 saturated carbocycles. The monoisotopic (exact) mass is 342 g/mol. The lowest BCUT2D eigenvalue weighted by Crippen LogP contribution is -2.08. The molecular weight excluding hydrogens is 316 g/mol. The second kappa shape index (κ2) is 8.97. The van der Waals surface area contributed by atoms with Crippen molar-refractivity contribution in [1.82, 2.24) is 0 Å². The predicted octanol–water partition coefficient (Wildman–Crippen LogP) is 4.44. The molecule has 0 spiro atoms. The highest BCUT2D eigenvalue weighted by atomic mass is 16.5. The van der Waals surface area contributed by atoms with Crippen molar-refractivity contribution in [3.63, 3.8) is 0 Å². The van der Waals surface area contributed by atoms with Crippen molar-refractivity contribution in [3.05, 3.63) is 48.0 Å². The molecule has 0 atom stereocenters. The Morgan fingerprint density at radius 2 is 1.72 bits per heavy atom. The van der Waals surface area contributed by atoms with Crippen LogP contribution in [-0.2, 0) is 11.3 Å². The Bertz CT molecular complexity index is 697. The molecule has 134 valence electrons. The molecule has 2 rings (SSSR count). The van der Waals surface area contributed by atoms with Gasteiger partial charge in [0.25, 0.3) is 0 Å². The van der Waals surface area contributed by atoms with E-state index in [1.165, 1.54) is 6.92 Å². The zero-order valence-electron chi connectivity index (χ0n) is 15.3. The van der Waals surface area contributed by atoms with Crippen LogP contribution in [0, 0.1) is 0 Å². The van der Waals surface area contributed by atoms with Crippen LogP contribution >= 0.6 is 0 Å². The van der Waals surface area contributed by atoms with E-state index in [1.807, 2.05) is 63.2 Å². The molecule has 0 aliphatic carbocycles. The lowest BCUT2D eigenvalue weighted by Gasteiger charge is -2.16. The molecule has 0 saturated heterocycles. The largest absolute Gasteiger partial charge is 0.490 e. The fourth-order valence-electron chi connectivity index (χ4n) is 2.36. The Morgan fingerprint density at radius 3 is 2.32 bits per heavy atom. The number of carbonyl (C=O) groups is 1. The van der Waals surface area contributed by atoms with E-state index in [2.05, 4.69) is 10.6 Å². The topological polar surface area (TPSA) is 59.6 Å². The first-order valence-corrected chi connectivity index (χ1v) is 8.52. The summed E-state index contributed by atoms with van der Waals surface area (Å²) < 4.78 is 11.5. The summed E-state index contributed by atoms with van der Waals surface area (Å²) in [5.74, 6) is 1.45. The summed E-state index contributed by atoms with van der Waals surface area (Å²) in [4.78, 5) is 11.0. The van der Waals surface area contributed by atoms with Crippen LogP contribution in [0.3, 0.4) is 0 Å². The highest BCUT2D eigenvalue weighted by molar-refractivity contribution is 5.88. The van der Waals surface area contributed by atoms with Gasteiger partial charge in [0.2, 0.25) is 5.91 Å². The van der Waals surface area contributed by atoms with Crippen LogP contribution in [0.5, 0.6) is 11.5 Å². The van der Waals surface area contributed by atoms with Crippen molar-refractivity contribution in [2.24, 2.45) is 0 Å². The van der Waals surface area contributed by atoms with E-state index in [-0.39, 0.29) is 12.0 Å². The Labute approximate surface area is 149 Å². The zero-order chi connectivity index (χ0) is 18.2. The predicted molar refractivity (Wildman–Crippen MR) is 101 cm³/mol. The van der Waals surface area contributed by atoms with Gasteiger partial charge in [-0.3, -0.25) is 4.79 Å². The molecule has 2 N–H and O–H groups in total. The van der Waals surface area contributed by atoms with E-state index in [4.69, 9.17) is 9.47 Å². The van der Waals surface area contributed by atoms with Gasteiger partial charge in [-0.25, -0.2) is 0 Å². The van der Waals surface area contributed by atoms with Crippen LogP contribution in [0.4, 0.5) is 11.4 Å². The first-order valence-electron chi connectivity index (χ1n) is 8.52. The molecule has 5 heteroatoms. The molecule has 2 aromatic carbocycles. The van der Waals surface area contributed by atoms with Gasteiger partial charge in [0.1, 0.15) is 0 Å². The first kappa shape index (κ1) is 18.6. The standard InChI is InChI=1S/C20H26N2O3/c1-5-24-20-12-16(6-11-19(20)25-14(2)3)13-21-17-7-9-18(10-8-17)22-15(4)23/h6-12,14,21H,5,13H2,1-4H3,(H,22,23). The van der Waals surface area contributed by atoms with Crippen LogP contribution < -0.4 is 20.1 Å². The summed E-state index contributed by atoms with van der Waals surface area (Å²) in [5.41, 5.74) is 2.87. The van der Waals surface area contributed by atoms with Gasteiger partial charge in [-0.1, -0.05) is 6.07 Å². The van der Waals surface area contributed by atoms with E-state index >= 15 is 0 Å². The van der Waals surface area contributed by atoms with Gasteiger partial charge in [-0.05, 0) is 62.7 Å². The number of anilines is 2. The molecule has 0 aliphatic heterocycles. The molecule has 0 heterocycles. The minimum absolute atomic E-state index is 0.0760. The van der Waals surface area contributed by atoms with Crippen molar-refractivity contribution in [2.75, 3.05) is 17.2 Å². The fourth-order valence-corrected chi connectivity index (χ4v) is 2.36. The Kier molecular flexibility index (Phi) is 6.69. The molecule has 1 amide bonds. The summed E-state index contributed by atoms with van der Waals surface area (Å²) in [6.45, 7) is 8.71. The van der Waals surface area contributed by atoms with Crippen molar-refractivity contribution < 1.29 is 14.3 Å². The molecule has 0 aliphatic rings. The Hall–Kier alpha value is -2.69. The first-order chi connectivity index (χ1) is 12.0. The third-order valence-corrected chi connectivity index (χ3v) is 3.37. The quantitative estimate of drug-likeness (QED) is 0.744. The van der Waals surface area contributed by atoms with Gasteiger partial charge in [0.15, 0.2) is 11.5 Å². The Morgan fingerprint density at radius 1 is 1.04 bits per heavy atom. The third kappa shape index (κ3) is 6.03. The van der Waals surface area contributed by atoms with Crippen molar-refractivity contribution >= 4 is 17.3 Å². The summed E-state index contributed by atoms with van der Waals surface area (Å²) in [6, 6.07) is 13.6. The molecule has 0 radical (unpaired) electrons. The average Bonchev–Trinajstić information content (AvgIpc) is 2.55. The molecule has 2 aromatic rings. The maximum Gasteiger partial charge on any atom is 0.221 e. The van der Waals surface area contributed by atoms with Gasteiger partial charge in [-0.2, -0.15) is 0 Å². The molecule has 0 aromatic heterocycles. The normalized spacial score (nSPS) is 10.4. The van der Waals surface area contributed by atoms with E-state index in [0.29, 0.717) is 13.2 Å². The SMILES string of the molecule is CCOc1cc(CNc2ccc(NC(C)=O)cc2)ccc1OC(C)C. The Balaban J connectivity index is 2.02.